The number of fused-ring (bicyclic) bond motifs is 2. The maximum absolute atomic E-state index is 14.7. The second kappa shape index (κ2) is 6.48. The summed E-state index contributed by atoms with van der Waals surface area (Å²) in [5, 5.41) is 0.624. The van der Waals surface area contributed by atoms with Gasteiger partial charge in [0.25, 0.3) is 0 Å². The molecular weight excluding hydrogens is 403 g/mol. The lowest BCUT2D eigenvalue weighted by Crippen LogP contribution is -2.28. The first-order chi connectivity index (χ1) is 14.6. The molecule has 2 N–H and O–H groups in total. The van der Waals surface area contributed by atoms with Crippen LogP contribution in [-0.4, -0.2) is 38.7 Å². The van der Waals surface area contributed by atoms with Gasteiger partial charge in [-0.2, -0.15) is 0 Å². The monoisotopic (exact) mass is 420 g/mol. The number of hydrogen-bond acceptors (Lipinski definition) is 5. The molecule has 6 nitrogen and oxygen atoms in total. The van der Waals surface area contributed by atoms with Gasteiger partial charge >= 0.3 is 0 Å². The van der Waals surface area contributed by atoms with Gasteiger partial charge in [0.05, 0.1) is 5.56 Å². The first-order valence-corrected chi connectivity index (χ1v) is 10.2. The molecule has 3 heterocycles. The van der Waals surface area contributed by atoms with Gasteiger partial charge in [-0.05, 0) is 48.2 Å². The summed E-state index contributed by atoms with van der Waals surface area (Å²) in [6, 6.07) is 14.3. The first kappa shape index (κ1) is 17.8. The second-order valence-corrected chi connectivity index (χ2v) is 8.34. The van der Waals surface area contributed by atoms with Gasteiger partial charge in [0, 0.05) is 29.8 Å². The minimum absolute atomic E-state index is 0.291. The second-order valence-electron chi connectivity index (χ2n) is 7.91. The largest absolute Gasteiger partial charge is 0.354 e. The zero-order chi connectivity index (χ0) is 20.4. The lowest BCUT2D eigenvalue weighted by Gasteiger charge is -2.20. The Balaban J connectivity index is 1.58. The molecule has 1 aliphatic carbocycles. The fraction of sp³-hybridized carbons (Fsp3) is 0.227. The van der Waals surface area contributed by atoms with Crippen molar-refractivity contribution >= 4 is 28.6 Å². The smallest absolute Gasteiger partial charge is 0.170 e. The van der Waals surface area contributed by atoms with Crippen LogP contribution in [0.5, 0.6) is 0 Å². The van der Waals surface area contributed by atoms with Crippen molar-refractivity contribution in [3.05, 3.63) is 65.7 Å². The van der Waals surface area contributed by atoms with E-state index in [0.717, 1.165) is 24.6 Å². The van der Waals surface area contributed by atoms with E-state index in [1.54, 1.807) is 36.7 Å². The summed E-state index contributed by atoms with van der Waals surface area (Å²) in [7, 11) is 0. The number of nitrogens with two attached hydrogens (primary N) is 1. The van der Waals surface area contributed by atoms with Crippen LogP contribution in [0.3, 0.4) is 0 Å². The number of piperidine rings is 1. The lowest BCUT2D eigenvalue weighted by molar-refractivity contribution is 0.629. The molecule has 0 spiro atoms. The summed E-state index contributed by atoms with van der Waals surface area (Å²) >= 11 is 6.09. The van der Waals surface area contributed by atoms with E-state index in [-0.39, 0.29) is 5.82 Å². The summed E-state index contributed by atoms with van der Waals surface area (Å²) in [4.78, 5) is 16.1. The van der Waals surface area contributed by atoms with Gasteiger partial charge in [-0.15, -0.1) is 0 Å². The molecule has 2 aromatic carbocycles. The van der Waals surface area contributed by atoms with E-state index in [2.05, 4.69) is 14.9 Å². The molecule has 2 aromatic heterocycles. The van der Waals surface area contributed by atoms with E-state index in [9.17, 15) is 4.39 Å². The van der Waals surface area contributed by atoms with Gasteiger partial charge in [-0.3, -0.25) is 4.57 Å². The van der Waals surface area contributed by atoms with E-state index in [4.69, 9.17) is 22.3 Å². The molecule has 0 radical (unpaired) electrons. The van der Waals surface area contributed by atoms with Crippen molar-refractivity contribution in [3.63, 3.8) is 0 Å². The third-order valence-corrected chi connectivity index (χ3v) is 6.44. The maximum Gasteiger partial charge on any atom is 0.170 e. The summed E-state index contributed by atoms with van der Waals surface area (Å²) < 4.78 is 16.6. The standard InChI is InChI=1S/C22H18ClFN6/c23-12-5-7-13(8-6-12)30-20(14-3-1-2-4-17(14)24)28-19-21(26-11-27-22(19)30)29-9-15-16(10-29)18(15)25/h1-8,11,15-16,18H,9-10,25H2/t15-,16+,18+. The van der Waals surface area contributed by atoms with Gasteiger partial charge in [-0.25, -0.2) is 19.3 Å². The van der Waals surface area contributed by atoms with E-state index >= 15 is 0 Å². The summed E-state index contributed by atoms with van der Waals surface area (Å²) in [6.07, 6.45) is 1.54. The normalized spacial score (nSPS) is 22.5. The Morgan fingerprint density at radius 3 is 2.47 bits per heavy atom. The van der Waals surface area contributed by atoms with Crippen LogP contribution in [0.4, 0.5) is 10.2 Å². The van der Waals surface area contributed by atoms with Crippen LogP contribution in [0.25, 0.3) is 28.2 Å². The average Bonchev–Trinajstić information content (AvgIpc) is 3.13. The van der Waals surface area contributed by atoms with Crippen LogP contribution < -0.4 is 10.6 Å². The molecular formula is C22H18ClFN6. The van der Waals surface area contributed by atoms with Crippen molar-refractivity contribution in [3.8, 4) is 17.1 Å². The van der Waals surface area contributed by atoms with Gasteiger partial charge in [0.15, 0.2) is 17.0 Å². The minimum Gasteiger partial charge on any atom is -0.354 e. The summed E-state index contributed by atoms with van der Waals surface area (Å²) in [6.45, 7) is 1.72. The Hall–Kier alpha value is -3.03. The maximum atomic E-state index is 14.7. The van der Waals surface area contributed by atoms with Crippen molar-refractivity contribution in [2.24, 2.45) is 17.6 Å². The highest BCUT2D eigenvalue weighted by Gasteiger charge is 2.54. The van der Waals surface area contributed by atoms with Crippen LogP contribution in [0.15, 0.2) is 54.9 Å². The summed E-state index contributed by atoms with van der Waals surface area (Å²) in [5.41, 5.74) is 8.59. The quantitative estimate of drug-likeness (QED) is 0.547. The topological polar surface area (TPSA) is 72.9 Å². The highest BCUT2D eigenvalue weighted by atomic mass is 35.5. The third kappa shape index (κ3) is 2.62. The number of rotatable bonds is 3. The third-order valence-electron chi connectivity index (χ3n) is 6.18. The molecule has 1 saturated heterocycles. The van der Waals surface area contributed by atoms with Crippen molar-refractivity contribution in [1.82, 2.24) is 19.5 Å². The zero-order valence-corrected chi connectivity index (χ0v) is 16.7. The van der Waals surface area contributed by atoms with Crippen molar-refractivity contribution in [2.45, 2.75) is 6.04 Å². The molecule has 4 aromatic rings. The number of anilines is 1. The lowest BCUT2D eigenvalue weighted by atomic mass is 10.2. The number of nitrogens with zero attached hydrogens (tertiary/aromatic N) is 5. The number of halogens is 2. The number of imidazole rings is 1. The number of hydrogen-bond donors (Lipinski definition) is 1. The summed E-state index contributed by atoms with van der Waals surface area (Å²) in [5.74, 6) is 1.93. The minimum atomic E-state index is -0.342. The SMILES string of the molecule is N[C@@H]1[C@H]2CN(c3ncnc4c3nc(-c3ccccc3F)n4-c3ccc(Cl)cc3)C[C@@H]12. The van der Waals surface area contributed by atoms with Crippen molar-refractivity contribution in [2.75, 3.05) is 18.0 Å². The molecule has 6 rings (SSSR count). The average molecular weight is 421 g/mol. The number of benzene rings is 2. The number of aromatic nitrogens is 4. The molecule has 2 fully saturated rings. The van der Waals surface area contributed by atoms with Crippen LogP contribution >= 0.6 is 11.6 Å². The van der Waals surface area contributed by atoms with E-state index in [1.807, 2.05) is 16.7 Å². The fourth-order valence-corrected chi connectivity index (χ4v) is 4.64. The molecule has 0 unspecified atom stereocenters. The molecule has 3 atom stereocenters. The molecule has 0 amide bonds. The molecule has 2 aliphatic rings. The van der Waals surface area contributed by atoms with Gasteiger partial charge < -0.3 is 10.6 Å². The van der Waals surface area contributed by atoms with Gasteiger partial charge in [0.2, 0.25) is 0 Å². The first-order valence-electron chi connectivity index (χ1n) is 9.86. The van der Waals surface area contributed by atoms with E-state index in [0.29, 0.717) is 45.5 Å². The highest BCUT2D eigenvalue weighted by Crippen LogP contribution is 2.46. The predicted molar refractivity (Wildman–Crippen MR) is 114 cm³/mol. The van der Waals surface area contributed by atoms with Gasteiger partial charge in [-0.1, -0.05) is 23.7 Å². The van der Waals surface area contributed by atoms with Crippen LogP contribution in [0.1, 0.15) is 0 Å². The molecule has 1 aliphatic heterocycles. The molecule has 8 heteroatoms. The predicted octanol–water partition coefficient (Wildman–Crippen LogP) is 3.67. The van der Waals surface area contributed by atoms with Crippen molar-refractivity contribution < 1.29 is 4.39 Å². The Morgan fingerprint density at radius 1 is 1.00 bits per heavy atom. The van der Waals surface area contributed by atoms with Crippen LogP contribution in [-0.2, 0) is 0 Å². The Morgan fingerprint density at radius 2 is 1.73 bits per heavy atom. The van der Waals surface area contributed by atoms with E-state index < -0.39 is 0 Å². The molecule has 1 saturated carbocycles. The van der Waals surface area contributed by atoms with Gasteiger partial charge in [0.1, 0.15) is 18.0 Å². The zero-order valence-electron chi connectivity index (χ0n) is 15.9. The molecule has 150 valence electrons. The molecule has 0 bridgehead atoms. The highest BCUT2D eigenvalue weighted by molar-refractivity contribution is 6.30. The fourth-order valence-electron chi connectivity index (χ4n) is 4.52. The molecule has 30 heavy (non-hydrogen) atoms. The Bertz CT molecular complexity index is 1260. The Kier molecular flexibility index (Phi) is 3.85. The van der Waals surface area contributed by atoms with Crippen LogP contribution in [0.2, 0.25) is 5.02 Å². The van der Waals surface area contributed by atoms with E-state index in [1.165, 1.54) is 6.07 Å². The van der Waals surface area contributed by atoms with Crippen molar-refractivity contribution in [1.29, 1.82) is 0 Å². The Labute approximate surface area is 177 Å². The van der Waals surface area contributed by atoms with Crippen LogP contribution in [0, 0.1) is 17.7 Å².